The van der Waals surface area contributed by atoms with E-state index in [2.05, 4.69) is 132 Å². The largest absolute Gasteiger partial charge is 0.457 e. The molecule has 0 fully saturated rings. The van der Waals surface area contributed by atoms with Gasteiger partial charge in [-0.25, -0.2) is 0 Å². The van der Waals surface area contributed by atoms with Crippen LogP contribution in [-0.4, -0.2) is 20.5 Å². The van der Waals surface area contributed by atoms with E-state index in [-0.39, 0.29) is 13.4 Å². The highest BCUT2D eigenvalue weighted by atomic mass is 32.2. The molecule has 0 atom stereocenters. The zero-order chi connectivity index (χ0) is 37.6. The molecule has 0 spiro atoms. The smallest absolute Gasteiger partial charge is 0.252 e. The van der Waals surface area contributed by atoms with Crippen LogP contribution in [0.1, 0.15) is 0 Å². The lowest BCUT2D eigenvalue weighted by Gasteiger charge is -2.44. The van der Waals surface area contributed by atoms with Crippen molar-refractivity contribution in [1.29, 1.82) is 0 Å². The molecule has 0 saturated heterocycles. The molecule has 0 N–H and O–H groups in total. The van der Waals surface area contributed by atoms with Crippen LogP contribution in [0.4, 0.5) is 28.4 Å². The van der Waals surface area contributed by atoms with Crippen molar-refractivity contribution in [2.45, 2.75) is 19.6 Å². The molecule has 12 rings (SSSR count). The second kappa shape index (κ2) is 12.9. The van der Waals surface area contributed by atoms with E-state index in [1.807, 2.05) is 84.2 Å². The zero-order valence-electron chi connectivity index (χ0n) is 30.9. The van der Waals surface area contributed by atoms with Crippen molar-refractivity contribution in [2.24, 2.45) is 0 Å². The quantitative estimate of drug-likeness (QED) is 0.162. The average molecular weight is 767 g/mol. The van der Waals surface area contributed by atoms with Crippen LogP contribution in [0.2, 0.25) is 0 Å². The van der Waals surface area contributed by atoms with Gasteiger partial charge in [-0.1, -0.05) is 132 Å². The summed E-state index contributed by atoms with van der Waals surface area (Å²) in [6.45, 7) is 0.126. The van der Waals surface area contributed by atoms with Crippen molar-refractivity contribution >= 4 is 98.2 Å². The highest BCUT2D eigenvalue weighted by Crippen LogP contribution is 2.46. The highest BCUT2D eigenvalue weighted by molar-refractivity contribution is 8.01. The number of para-hydroxylation sites is 4. The summed E-state index contributed by atoms with van der Waals surface area (Å²) in [4.78, 5) is 9.89. The molecule has 4 heterocycles. The van der Waals surface area contributed by atoms with Gasteiger partial charge < -0.3 is 19.3 Å². The van der Waals surface area contributed by atoms with Crippen molar-refractivity contribution in [3.8, 4) is 23.0 Å². The van der Waals surface area contributed by atoms with Crippen LogP contribution in [0.3, 0.4) is 0 Å². The van der Waals surface area contributed by atoms with Crippen LogP contribution in [0, 0.1) is 0 Å². The summed E-state index contributed by atoms with van der Waals surface area (Å²) in [5.74, 6) is 3.32. The molecule has 0 unspecified atom stereocenters. The highest BCUT2D eigenvalue weighted by Gasteiger charge is 2.45. The van der Waals surface area contributed by atoms with Gasteiger partial charge in [-0.3, -0.25) is 0 Å². The fourth-order valence-corrected chi connectivity index (χ4v) is 11.7. The molecule has 0 amide bonds. The number of benzene rings is 8. The van der Waals surface area contributed by atoms with Gasteiger partial charge in [0.25, 0.3) is 6.71 Å². The molecule has 4 nitrogen and oxygen atoms in total. The van der Waals surface area contributed by atoms with Crippen LogP contribution in [0.25, 0.3) is 0 Å². The maximum atomic E-state index is 6.65. The first-order valence-electron chi connectivity index (χ1n) is 19.3. The second-order valence-electron chi connectivity index (χ2n) is 14.9. The number of nitrogens with zero attached hydrogens (tertiary/aromatic N) is 2. The monoisotopic (exact) mass is 766 g/mol. The SMILES string of the molecule is CN1c2cc3c(cc2B2c4ccccc4N(c4ccccc4)c4cc(Oc5ccccc5)cc1c42)B1c2ccccc2Sc2cc(Oc4ccccc4)cc(c21)S3. The number of fused-ring (bicyclic) bond motifs is 8. The molecule has 0 bridgehead atoms. The van der Waals surface area contributed by atoms with Crippen molar-refractivity contribution in [3.63, 3.8) is 0 Å². The molecule has 4 aliphatic heterocycles. The van der Waals surface area contributed by atoms with Crippen molar-refractivity contribution in [1.82, 2.24) is 0 Å². The van der Waals surface area contributed by atoms with Gasteiger partial charge in [0.05, 0.1) is 0 Å². The van der Waals surface area contributed by atoms with E-state index < -0.39 is 0 Å². The van der Waals surface area contributed by atoms with Crippen LogP contribution in [0.15, 0.2) is 196 Å². The second-order valence-corrected chi connectivity index (χ2v) is 17.1. The van der Waals surface area contributed by atoms with Gasteiger partial charge in [0.15, 0.2) is 0 Å². The Morgan fingerprint density at radius 1 is 0.386 bits per heavy atom. The fourth-order valence-electron chi connectivity index (χ4n) is 9.25. The molecule has 4 aliphatic rings. The number of hydrogen-bond acceptors (Lipinski definition) is 6. The average Bonchev–Trinajstić information content (AvgIpc) is 3.25. The fraction of sp³-hybridized carbons (Fsp3) is 0.0204. The van der Waals surface area contributed by atoms with Gasteiger partial charge in [0.2, 0.25) is 6.71 Å². The standard InChI is InChI=1S/C49H32B2N2O2S2/c1-52-41-30-45-39(51-37-22-12-14-24-44(37)56-46-27-35(28-47(57-45)49(46)51)55-33-19-9-4-10-20-33)29-38(41)50-36-21-11-13-23-40(36)53(31-15-5-2-6-16-31)43-26-34(25-42(52)48(43)50)54-32-17-7-3-8-18-32/h2-30H,1H3. The molecule has 0 radical (unpaired) electrons. The molecule has 0 saturated carbocycles. The van der Waals surface area contributed by atoms with E-state index in [0.29, 0.717) is 0 Å². The molecular weight excluding hydrogens is 734 g/mol. The predicted molar refractivity (Wildman–Crippen MR) is 239 cm³/mol. The van der Waals surface area contributed by atoms with Crippen LogP contribution in [-0.2, 0) is 0 Å². The Morgan fingerprint density at radius 2 is 0.947 bits per heavy atom. The molecule has 0 aliphatic carbocycles. The number of anilines is 5. The molecule has 8 aromatic rings. The molecule has 57 heavy (non-hydrogen) atoms. The Kier molecular flexibility index (Phi) is 7.47. The zero-order valence-corrected chi connectivity index (χ0v) is 32.6. The first kappa shape index (κ1) is 33.0. The van der Waals surface area contributed by atoms with Gasteiger partial charge in [-0.15, -0.1) is 0 Å². The molecular formula is C49H32B2N2O2S2. The van der Waals surface area contributed by atoms with Crippen molar-refractivity contribution in [3.05, 3.63) is 176 Å². The van der Waals surface area contributed by atoms with Crippen LogP contribution < -0.4 is 52.1 Å². The van der Waals surface area contributed by atoms with E-state index in [1.165, 1.54) is 63.7 Å². The lowest BCUT2D eigenvalue weighted by molar-refractivity contribution is 0.480. The van der Waals surface area contributed by atoms with Crippen LogP contribution >= 0.6 is 23.5 Å². The Morgan fingerprint density at radius 3 is 1.67 bits per heavy atom. The maximum Gasteiger partial charge on any atom is 0.252 e. The van der Waals surface area contributed by atoms with Crippen LogP contribution in [0.5, 0.6) is 23.0 Å². The van der Waals surface area contributed by atoms with Gasteiger partial charge in [-0.05, 0) is 88.6 Å². The normalized spacial score (nSPS) is 13.8. The Hall–Kier alpha value is -6.21. The first-order valence-corrected chi connectivity index (χ1v) is 20.9. The molecule has 268 valence electrons. The third-order valence-corrected chi connectivity index (χ3v) is 13.9. The van der Waals surface area contributed by atoms with E-state index in [1.54, 1.807) is 0 Å². The summed E-state index contributed by atoms with van der Waals surface area (Å²) in [7, 11) is 2.22. The first-order chi connectivity index (χ1) is 28.2. The molecule has 8 aromatic carbocycles. The van der Waals surface area contributed by atoms with E-state index >= 15 is 0 Å². The predicted octanol–water partition coefficient (Wildman–Crippen LogP) is 9.10. The minimum atomic E-state index is 0.0224. The Balaban J connectivity index is 1.07. The lowest BCUT2D eigenvalue weighted by Crippen LogP contribution is -2.64. The summed E-state index contributed by atoms with van der Waals surface area (Å²) in [5, 5.41) is 0. The number of hydrogen-bond donors (Lipinski definition) is 0. The molecule has 8 heteroatoms. The van der Waals surface area contributed by atoms with E-state index in [9.17, 15) is 0 Å². The number of ether oxygens (including phenoxy) is 2. The Labute approximate surface area is 341 Å². The van der Waals surface area contributed by atoms with Gasteiger partial charge >= 0.3 is 0 Å². The Bertz CT molecular complexity index is 2910. The van der Waals surface area contributed by atoms with E-state index in [0.717, 1.165) is 40.1 Å². The third kappa shape index (κ3) is 5.21. The summed E-state index contributed by atoms with van der Waals surface area (Å²) in [6.07, 6.45) is 0. The van der Waals surface area contributed by atoms with E-state index in [4.69, 9.17) is 9.47 Å². The van der Waals surface area contributed by atoms with Gasteiger partial charge in [0, 0.05) is 67.2 Å². The summed E-state index contributed by atoms with van der Waals surface area (Å²) < 4.78 is 13.1. The number of rotatable bonds is 5. The lowest BCUT2D eigenvalue weighted by atomic mass is 9.31. The van der Waals surface area contributed by atoms with Crippen molar-refractivity contribution < 1.29 is 9.47 Å². The van der Waals surface area contributed by atoms with Gasteiger partial charge in [-0.2, -0.15) is 0 Å². The minimum absolute atomic E-state index is 0.0224. The van der Waals surface area contributed by atoms with Crippen molar-refractivity contribution in [2.75, 3.05) is 16.8 Å². The summed E-state index contributed by atoms with van der Waals surface area (Å²) in [5.41, 5.74) is 13.8. The minimum Gasteiger partial charge on any atom is -0.457 e. The topological polar surface area (TPSA) is 24.9 Å². The molecule has 0 aromatic heterocycles. The van der Waals surface area contributed by atoms with Gasteiger partial charge in [0.1, 0.15) is 23.0 Å². The maximum absolute atomic E-state index is 6.65. The summed E-state index contributed by atoms with van der Waals surface area (Å²) in [6, 6.07) is 62.8. The summed E-state index contributed by atoms with van der Waals surface area (Å²) >= 11 is 3.72. The third-order valence-electron chi connectivity index (χ3n) is 11.6.